The Morgan fingerprint density at radius 3 is 2.59 bits per heavy atom. The first kappa shape index (κ1) is 16.3. The molecule has 22 heavy (non-hydrogen) atoms. The van der Waals surface area contributed by atoms with E-state index in [4.69, 9.17) is 0 Å². The van der Waals surface area contributed by atoms with Gasteiger partial charge in [-0.1, -0.05) is 51.1 Å². The number of rotatable bonds is 6. The first-order valence-electron chi connectivity index (χ1n) is 7.93. The van der Waals surface area contributed by atoms with Gasteiger partial charge in [-0.3, -0.25) is 4.79 Å². The fourth-order valence-corrected chi connectivity index (χ4v) is 2.83. The molecule has 5 heteroatoms. The summed E-state index contributed by atoms with van der Waals surface area (Å²) in [7, 11) is 0. The Bertz CT molecular complexity index is 516. The smallest absolute Gasteiger partial charge is 0.318 e. The van der Waals surface area contributed by atoms with Crippen LogP contribution in [0.25, 0.3) is 0 Å². The fourth-order valence-electron chi connectivity index (χ4n) is 2.83. The van der Waals surface area contributed by atoms with Crippen LogP contribution in [0.1, 0.15) is 32.8 Å². The molecule has 0 radical (unpaired) electrons. The third-order valence-electron chi connectivity index (χ3n) is 3.99. The molecule has 120 valence electrons. The Morgan fingerprint density at radius 1 is 1.32 bits per heavy atom. The molecule has 3 amide bonds. The van der Waals surface area contributed by atoms with Crippen LogP contribution in [-0.2, 0) is 11.3 Å². The van der Waals surface area contributed by atoms with E-state index in [1.165, 1.54) is 0 Å². The van der Waals surface area contributed by atoms with Crippen LogP contribution in [0.5, 0.6) is 0 Å². The quantitative estimate of drug-likeness (QED) is 0.845. The summed E-state index contributed by atoms with van der Waals surface area (Å²) in [6.07, 6.45) is 0.834. The maximum atomic E-state index is 12.6. The molecule has 2 rings (SSSR count). The van der Waals surface area contributed by atoms with Crippen molar-refractivity contribution in [1.82, 2.24) is 15.5 Å². The van der Waals surface area contributed by atoms with E-state index in [2.05, 4.69) is 10.6 Å². The van der Waals surface area contributed by atoms with Crippen LogP contribution in [0.4, 0.5) is 4.79 Å². The van der Waals surface area contributed by atoms with Crippen molar-refractivity contribution in [3.63, 3.8) is 0 Å². The van der Waals surface area contributed by atoms with Gasteiger partial charge in [0.05, 0.1) is 6.04 Å². The lowest BCUT2D eigenvalue weighted by atomic mass is 9.96. The van der Waals surface area contributed by atoms with Gasteiger partial charge in [-0.05, 0) is 17.9 Å². The van der Waals surface area contributed by atoms with Gasteiger partial charge < -0.3 is 15.5 Å². The molecule has 0 saturated carbocycles. The minimum absolute atomic E-state index is 0.0886. The normalized spacial score (nSPS) is 21.1. The molecule has 0 bridgehead atoms. The van der Waals surface area contributed by atoms with E-state index in [0.29, 0.717) is 13.1 Å². The SMILES string of the molecule is CCCN1C(=O)NC(C(C)C)C1C(=O)NCc1ccccc1. The van der Waals surface area contributed by atoms with Crippen LogP contribution in [0.15, 0.2) is 30.3 Å². The lowest BCUT2D eigenvalue weighted by molar-refractivity contribution is -0.125. The lowest BCUT2D eigenvalue weighted by Gasteiger charge is -2.27. The minimum Gasteiger partial charge on any atom is -0.350 e. The lowest BCUT2D eigenvalue weighted by Crippen LogP contribution is -2.50. The molecule has 1 heterocycles. The van der Waals surface area contributed by atoms with Gasteiger partial charge in [-0.2, -0.15) is 0 Å². The molecular weight excluding hydrogens is 278 g/mol. The highest BCUT2D eigenvalue weighted by atomic mass is 16.2. The molecule has 5 nitrogen and oxygen atoms in total. The Balaban J connectivity index is 2.07. The summed E-state index contributed by atoms with van der Waals surface area (Å²) in [4.78, 5) is 26.4. The zero-order valence-corrected chi connectivity index (χ0v) is 13.5. The summed E-state index contributed by atoms with van der Waals surface area (Å²) < 4.78 is 0. The van der Waals surface area contributed by atoms with Crippen molar-refractivity contribution in [2.24, 2.45) is 5.92 Å². The highest BCUT2D eigenvalue weighted by Gasteiger charge is 2.44. The van der Waals surface area contributed by atoms with Gasteiger partial charge in [0.25, 0.3) is 0 Å². The van der Waals surface area contributed by atoms with Gasteiger partial charge in [-0.25, -0.2) is 4.79 Å². The minimum atomic E-state index is -0.434. The van der Waals surface area contributed by atoms with Crippen molar-refractivity contribution in [3.8, 4) is 0 Å². The maximum absolute atomic E-state index is 12.6. The molecular formula is C17H25N3O2. The van der Waals surface area contributed by atoms with Gasteiger partial charge in [-0.15, -0.1) is 0 Å². The van der Waals surface area contributed by atoms with E-state index < -0.39 is 6.04 Å². The third kappa shape index (κ3) is 3.59. The van der Waals surface area contributed by atoms with Crippen molar-refractivity contribution >= 4 is 11.9 Å². The van der Waals surface area contributed by atoms with Crippen LogP contribution in [0.3, 0.4) is 0 Å². The molecule has 2 N–H and O–H groups in total. The number of nitrogens with zero attached hydrogens (tertiary/aromatic N) is 1. The summed E-state index contributed by atoms with van der Waals surface area (Å²) in [5, 5.41) is 5.91. The van der Waals surface area contributed by atoms with Crippen LogP contribution in [-0.4, -0.2) is 35.5 Å². The maximum Gasteiger partial charge on any atom is 0.318 e. The summed E-state index contributed by atoms with van der Waals surface area (Å²) in [5.41, 5.74) is 1.05. The summed E-state index contributed by atoms with van der Waals surface area (Å²) in [5.74, 6) is 0.118. The topological polar surface area (TPSA) is 61.4 Å². The highest BCUT2D eigenvalue weighted by Crippen LogP contribution is 2.20. The highest BCUT2D eigenvalue weighted by molar-refractivity contribution is 5.91. The Labute approximate surface area is 132 Å². The molecule has 0 aromatic heterocycles. The van der Waals surface area contributed by atoms with E-state index in [1.54, 1.807) is 4.90 Å². The van der Waals surface area contributed by atoms with Gasteiger partial charge in [0.2, 0.25) is 5.91 Å². The van der Waals surface area contributed by atoms with E-state index in [-0.39, 0.29) is 23.9 Å². The van der Waals surface area contributed by atoms with E-state index in [9.17, 15) is 9.59 Å². The number of carbonyl (C=O) groups is 2. The van der Waals surface area contributed by atoms with Crippen LogP contribution in [0, 0.1) is 5.92 Å². The molecule has 1 aliphatic heterocycles. The standard InChI is InChI=1S/C17H25N3O2/c1-4-10-20-15(14(12(2)3)19-17(20)22)16(21)18-11-13-8-6-5-7-9-13/h5-9,12,14-15H,4,10-11H2,1-3H3,(H,18,21)(H,19,22). The second kappa shape index (κ2) is 7.29. The first-order valence-corrected chi connectivity index (χ1v) is 7.93. The molecule has 2 unspecified atom stereocenters. The number of hydrogen-bond acceptors (Lipinski definition) is 2. The second-order valence-corrected chi connectivity index (χ2v) is 6.06. The predicted molar refractivity (Wildman–Crippen MR) is 86.2 cm³/mol. The van der Waals surface area contributed by atoms with Crippen molar-refractivity contribution in [2.45, 2.75) is 45.8 Å². The third-order valence-corrected chi connectivity index (χ3v) is 3.99. The predicted octanol–water partition coefficient (Wildman–Crippen LogP) is 2.13. The van der Waals surface area contributed by atoms with Gasteiger partial charge >= 0.3 is 6.03 Å². The molecule has 2 atom stereocenters. The molecule has 1 saturated heterocycles. The Hall–Kier alpha value is -2.04. The Morgan fingerprint density at radius 2 is 2.00 bits per heavy atom. The molecule has 1 aromatic rings. The van der Waals surface area contributed by atoms with E-state index >= 15 is 0 Å². The van der Waals surface area contributed by atoms with Crippen molar-refractivity contribution in [1.29, 1.82) is 0 Å². The number of benzene rings is 1. The zero-order valence-electron chi connectivity index (χ0n) is 13.5. The molecule has 1 aliphatic rings. The van der Waals surface area contributed by atoms with Gasteiger partial charge in [0, 0.05) is 13.1 Å². The molecule has 1 aromatic carbocycles. The molecule has 1 fully saturated rings. The zero-order chi connectivity index (χ0) is 16.1. The average Bonchev–Trinajstić information content (AvgIpc) is 2.84. The van der Waals surface area contributed by atoms with Crippen molar-refractivity contribution < 1.29 is 9.59 Å². The number of nitrogens with one attached hydrogen (secondary N) is 2. The second-order valence-electron chi connectivity index (χ2n) is 6.06. The molecule has 0 spiro atoms. The first-order chi connectivity index (χ1) is 10.5. The Kier molecular flexibility index (Phi) is 5.41. The number of hydrogen-bond donors (Lipinski definition) is 2. The van der Waals surface area contributed by atoms with Gasteiger partial charge in [0.15, 0.2) is 0 Å². The van der Waals surface area contributed by atoms with Crippen molar-refractivity contribution in [3.05, 3.63) is 35.9 Å². The van der Waals surface area contributed by atoms with E-state index in [1.807, 2.05) is 51.1 Å². The summed E-state index contributed by atoms with van der Waals surface area (Å²) in [6.45, 7) is 7.14. The number of carbonyl (C=O) groups excluding carboxylic acids is 2. The van der Waals surface area contributed by atoms with Crippen molar-refractivity contribution in [2.75, 3.05) is 6.54 Å². The summed E-state index contributed by atoms with van der Waals surface area (Å²) >= 11 is 0. The van der Waals surface area contributed by atoms with Crippen LogP contribution in [0.2, 0.25) is 0 Å². The summed E-state index contributed by atoms with van der Waals surface area (Å²) in [6, 6.07) is 9.07. The van der Waals surface area contributed by atoms with E-state index in [0.717, 1.165) is 12.0 Å². The largest absolute Gasteiger partial charge is 0.350 e. The van der Waals surface area contributed by atoms with Crippen LogP contribution >= 0.6 is 0 Å². The number of urea groups is 1. The van der Waals surface area contributed by atoms with Crippen LogP contribution < -0.4 is 10.6 Å². The fraction of sp³-hybridized carbons (Fsp3) is 0.529. The number of amides is 3. The average molecular weight is 303 g/mol. The monoisotopic (exact) mass is 303 g/mol. The van der Waals surface area contributed by atoms with Gasteiger partial charge in [0.1, 0.15) is 6.04 Å². The molecule has 0 aliphatic carbocycles.